The fourth-order valence-electron chi connectivity index (χ4n) is 3.24. The van der Waals surface area contributed by atoms with E-state index in [0.29, 0.717) is 5.82 Å². The van der Waals surface area contributed by atoms with Crippen molar-refractivity contribution in [3.05, 3.63) is 0 Å². The molecule has 2 aliphatic rings. The van der Waals surface area contributed by atoms with Crippen molar-refractivity contribution in [1.82, 2.24) is 9.27 Å². The number of anilines is 2. The van der Waals surface area contributed by atoms with Crippen LogP contribution in [0.4, 0.5) is 10.8 Å². The molecule has 3 rings (SSSR count). The van der Waals surface area contributed by atoms with E-state index in [0.717, 1.165) is 19.1 Å². The zero-order valence-corrected chi connectivity index (χ0v) is 13.1. The molecule has 4 nitrogen and oxygen atoms in total. The van der Waals surface area contributed by atoms with E-state index in [4.69, 9.17) is 5.73 Å². The molecule has 6 heteroatoms. The maximum absolute atomic E-state index is 5.93. The second-order valence-corrected chi connectivity index (χ2v) is 6.94. The van der Waals surface area contributed by atoms with Crippen molar-refractivity contribution in [1.29, 1.82) is 0 Å². The minimum absolute atomic E-state index is 0.700. The number of piperazine rings is 1. The molecule has 2 heterocycles. The minimum atomic E-state index is 0.700. The van der Waals surface area contributed by atoms with E-state index in [2.05, 4.69) is 20.4 Å². The molecule has 0 aromatic carbocycles. The molecule has 1 saturated carbocycles. The van der Waals surface area contributed by atoms with E-state index in [1.54, 1.807) is 23.3 Å². The number of rotatable bonds is 3. The Bertz CT molecular complexity index is 420. The van der Waals surface area contributed by atoms with Crippen LogP contribution in [0.3, 0.4) is 0 Å². The van der Waals surface area contributed by atoms with E-state index < -0.39 is 0 Å². The van der Waals surface area contributed by atoms with Gasteiger partial charge in [0.05, 0.1) is 4.90 Å². The highest BCUT2D eigenvalue weighted by atomic mass is 32.2. The SMILES string of the molecule is CSc1c(N)nsc1N1CCN(C2CCCC2)CC1. The Hall–Kier alpha value is -0.460. The monoisotopic (exact) mass is 298 g/mol. The maximum atomic E-state index is 5.93. The van der Waals surface area contributed by atoms with Crippen molar-refractivity contribution >= 4 is 34.1 Å². The van der Waals surface area contributed by atoms with Crippen LogP contribution in [0.15, 0.2) is 4.90 Å². The molecule has 19 heavy (non-hydrogen) atoms. The lowest BCUT2D eigenvalue weighted by Gasteiger charge is -2.38. The molecule has 0 amide bonds. The molecule has 1 aromatic rings. The third kappa shape index (κ3) is 2.71. The van der Waals surface area contributed by atoms with Gasteiger partial charge in [-0.3, -0.25) is 4.90 Å². The zero-order valence-electron chi connectivity index (χ0n) is 11.5. The van der Waals surface area contributed by atoms with Gasteiger partial charge in [0.2, 0.25) is 0 Å². The molecule has 0 radical (unpaired) electrons. The molecule has 2 N–H and O–H groups in total. The fraction of sp³-hybridized carbons (Fsp3) is 0.769. The average molecular weight is 298 g/mol. The van der Waals surface area contributed by atoms with Gasteiger partial charge in [0.25, 0.3) is 0 Å². The third-order valence-electron chi connectivity index (χ3n) is 4.30. The Morgan fingerprint density at radius 3 is 2.53 bits per heavy atom. The molecule has 1 aliphatic carbocycles. The van der Waals surface area contributed by atoms with Gasteiger partial charge in [-0.2, -0.15) is 4.37 Å². The number of nitrogens with zero attached hydrogens (tertiary/aromatic N) is 3. The van der Waals surface area contributed by atoms with E-state index in [9.17, 15) is 0 Å². The molecule has 1 aromatic heterocycles. The normalized spacial score (nSPS) is 22.3. The van der Waals surface area contributed by atoms with Crippen LogP contribution < -0.4 is 10.6 Å². The summed E-state index contributed by atoms with van der Waals surface area (Å²) in [7, 11) is 0. The van der Waals surface area contributed by atoms with E-state index in [-0.39, 0.29) is 0 Å². The Balaban J connectivity index is 1.63. The van der Waals surface area contributed by atoms with Gasteiger partial charge in [-0.25, -0.2) is 0 Å². The largest absolute Gasteiger partial charge is 0.382 e. The van der Waals surface area contributed by atoms with Gasteiger partial charge in [0, 0.05) is 32.2 Å². The molecule has 1 aliphatic heterocycles. The smallest absolute Gasteiger partial charge is 0.153 e. The van der Waals surface area contributed by atoms with Crippen LogP contribution in [0.1, 0.15) is 25.7 Å². The Labute approximate surface area is 123 Å². The Kier molecular flexibility index (Phi) is 4.19. The van der Waals surface area contributed by atoms with Gasteiger partial charge in [-0.05, 0) is 30.6 Å². The summed E-state index contributed by atoms with van der Waals surface area (Å²) in [5.41, 5.74) is 5.93. The molecule has 1 saturated heterocycles. The quantitative estimate of drug-likeness (QED) is 0.869. The van der Waals surface area contributed by atoms with Gasteiger partial charge < -0.3 is 10.6 Å². The van der Waals surface area contributed by atoms with Crippen molar-refractivity contribution in [3.63, 3.8) is 0 Å². The predicted octanol–water partition coefficient (Wildman–Crippen LogP) is 2.51. The first kappa shape index (κ1) is 13.5. The molecule has 0 unspecified atom stereocenters. The van der Waals surface area contributed by atoms with Crippen LogP contribution in [-0.2, 0) is 0 Å². The molecular formula is C13H22N4S2. The van der Waals surface area contributed by atoms with Crippen LogP contribution in [-0.4, -0.2) is 47.8 Å². The summed E-state index contributed by atoms with van der Waals surface area (Å²) >= 11 is 3.27. The van der Waals surface area contributed by atoms with E-state index in [1.807, 2.05) is 0 Å². The molecule has 2 fully saturated rings. The van der Waals surface area contributed by atoms with Crippen LogP contribution in [0.2, 0.25) is 0 Å². The standard InChI is InChI=1S/C13H22N4S2/c1-18-11-12(14)15-19-13(11)17-8-6-16(7-9-17)10-4-2-3-5-10/h10H,2-9H2,1H3,(H2,14,15). The molecular weight excluding hydrogens is 276 g/mol. The molecule has 0 bridgehead atoms. The number of nitrogen functional groups attached to an aromatic ring is 1. The van der Waals surface area contributed by atoms with Crippen molar-refractivity contribution in [2.75, 3.05) is 43.1 Å². The number of thioether (sulfide) groups is 1. The van der Waals surface area contributed by atoms with E-state index in [1.165, 1.54) is 48.7 Å². The van der Waals surface area contributed by atoms with Gasteiger partial charge >= 0.3 is 0 Å². The fourth-order valence-corrected chi connectivity index (χ4v) is 4.98. The second-order valence-electron chi connectivity index (χ2n) is 5.37. The van der Waals surface area contributed by atoms with E-state index >= 15 is 0 Å². The number of aromatic nitrogens is 1. The summed E-state index contributed by atoms with van der Waals surface area (Å²) in [5, 5.41) is 1.27. The van der Waals surface area contributed by atoms with Crippen molar-refractivity contribution in [3.8, 4) is 0 Å². The first-order chi connectivity index (χ1) is 9.29. The zero-order chi connectivity index (χ0) is 13.2. The van der Waals surface area contributed by atoms with Crippen molar-refractivity contribution in [2.45, 2.75) is 36.6 Å². The molecule has 0 atom stereocenters. The van der Waals surface area contributed by atoms with Crippen molar-refractivity contribution in [2.24, 2.45) is 0 Å². The highest BCUT2D eigenvalue weighted by Crippen LogP contribution is 2.38. The maximum Gasteiger partial charge on any atom is 0.153 e. The summed E-state index contributed by atoms with van der Waals surface area (Å²) < 4.78 is 4.30. The highest BCUT2D eigenvalue weighted by Gasteiger charge is 2.27. The summed E-state index contributed by atoms with van der Waals surface area (Å²) in [6, 6.07) is 0.855. The van der Waals surface area contributed by atoms with Crippen LogP contribution in [0.5, 0.6) is 0 Å². The molecule has 106 valence electrons. The van der Waals surface area contributed by atoms with Gasteiger partial charge in [-0.15, -0.1) is 11.8 Å². The van der Waals surface area contributed by atoms with Crippen LogP contribution in [0.25, 0.3) is 0 Å². The average Bonchev–Trinajstić information content (AvgIpc) is 3.08. The number of nitrogens with two attached hydrogens (primary N) is 1. The van der Waals surface area contributed by atoms with Crippen LogP contribution >= 0.6 is 23.3 Å². The Morgan fingerprint density at radius 2 is 1.89 bits per heavy atom. The number of hydrogen-bond acceptors (Lipinski definition) is 6. The first-order valence-corrected chi connectivity index (χ1v) is 9.07. The predicted molar refractivity (Wildman–Crippen MR) is 84.3 cm³/mol. The van der Waals surface area contributed by atoms with Gasteiger partial charge in [-0.1, -0.05) is 12.8 Å². The summed E-state index contributed by atoms with van der Waals surface area (Å²) in [5.74, 6) is 0.700. The lowest BCUT2D eigenvalue weighted by molar-refractivity contribution is 0.187. The van der Waals surface area contributed by atoms with Crippen LogP contribution in [0, 0.1) is 0 Å². The van der Waals surface area contributed by atoms with Gasteiger partial charge in [0.15, 0.2) is 5.82 Å². The first-order valence-electron chi connectivity index (χ1n) is 7.07. The van der Waals surface area contributed by atoms with Crippen molar-refractivity contribution < 1.29 is 0 Å². The lowest BCUT2D eigenvalue weighted by atomic mass is 10.2. The lowest BCUT2D eigenvalue weighted by Crippen LogP contribution is -2.49. The number of hydrogen-bond donors (Lipinski definition) is 1. The molecule has 0 spiro atoms. The van der Waals surface area contributed by atoms with Gasteiger partial charge in [0.1, 0.15) is 5.00 Å². The summed E-state index contributed by atoms with van der Waals surface area (Å²) in [4.78, 5) is 6.32. The highest BCUT2D eigenvalue weighted by molar-refractivity contribution is 7.99. The second kappa shape index (κ2) is 5.89. The summed E-state index contributed by atoms with van der Waals surface area (Å²) in [6.45, 7) is 4.62. The third-order valence-corrected chi connectivity index (χ3v) is 6.17. The minimum Gasteiger partial charge on any atom is -0.382 e. The summed E-state index contributed by atoms with van der Waals surface area (Å²) in [6.07, 6.45) is 7.74. The Morgan fingerprint density at radius 1 is 1.21 bits per heavy atom. The topological polar surface area (TPSA) is 45.4 Å².